The molecule has 0 aliphatic carbocycles. The van der Waals surface area contributed by atoms with Gasteiger partial charge in [-0.3, -0.25) is 0 Å². The van der Waals surface area contributed by atoms with Crippen molar-refractivity contribution in [2.24, 2.45) is 5.92 Å². The van der Waals surface area contributed by atoms with Crippen LogP contribution in [0.1, 0.15) is 26.2 Å². The first-order chi connectivity index (χ1) is 7.64. The van der Waals surface area contributed by atoms with E-state index in [1.165, 1.54) is 17.9 Å². The molecule has 0 atom stereocenters. The molecule has 16 heavy (non-hydrogen) atoms. The van der Waals surface area contributed by atoms with Gasteiger partial charge < -0.3 is 5.32 Å². The first-order valence-corrected chi connectivity index (χ1v) is 9.10. The number of sulfone groups is 1. The molecule has 0 radical (unpaired) electrons. The van der Waals surface area contributed by atoms with Crippen LogP contribution in [0.2, 0.25) is 0 Å². The largest absolute Gasteiger partial charge is 0.316 e. The molecule has 0 amide bonds. The number of hydrogen-bond donors (Lipinski definition) is 1. The zero-order valence-electron chi connectivity index (χ0n) is 10.1. The van der Waals surface area contributed by atoms with Gasteiger partial charge >= 0.3 is 0 Å². The molecule has 1 aliphatic rings. The van der Waals surface area contributed by atoms with Crippen LogP contribution in [0.4, 0.5) is 0 Å². The van der Waals surface area contributed by atoms with E-state index in [-0.39, 0.29) is 0 Å². The fraction of sp³-hybridized carbons (Fsp3) is 1.00. The molecule has 1 saturated heterocycles. The molecule has 0 aromatic carbocycles. The maximum Gasteiger partial charge on any atom is 0.150 e. The summed E-state index contributed by atoms with van der Waals surface area (Å²) in [6, 6.07) is 0. The van der Waals surface area contributed by atoms with Gasteiger partial charge in [0.2, 0.25) is 0 Å². The van der Waals surface area contributed by atoms with Gasteiger partial charge in [-0.15, -0.1) is 0 Å². The Hall–Kier alpha value is 0.260. The lowest BCUT2D eigenvalue weighted by atomic mass is 10.0. The SMILES string of the molecule is CCSCCCNCC1CCS(=O)(=O)CC1. The van der Waals surface area contributed by atoms with Gasteiger partial charge in [-0.25, -0.2) is 8.42 Å². The van der Waals surface area contributed by atoms with Crippen LogP contribution in [0, 0.1) is 5.92 Å². The molecule has 1 fully saturated rings. The summed E-state index contributed by atoms with van der Waals surface area (Å²) in [5.41, 5.74) is 0. The van der Waals surface area contributed by atoms with Crippen molar-refractivity contribution in [3.8, 4) is 0 Å². The zero-order valence-corrected chi connectivity index (χ0v) is 11.7. The highest BCUT2D eigenvalue weighted by molar-refractivity contribution is 7.99. The molecule has 3 nitrogen and oxygen atoms in total. The van der Waals surface area contributed by atoms with Crippen LogP contribution in [-0.2, 0) is 9.84 Å². The second kappa shape index (κ2) is 7.56. The lowest BCUT2D eigenvalue weighted by Crippen LogP contribution is -2.31. The molecule has 1 N–H and O–H groups in total. The molecule has 5 heteroatoms. The summed E-state index contributed by atoms with van der Waals surface area (Å²) in [4.78, 5) is 0. The number of thioether (sulfide) groups is 1. The topological polar surface area (TPSA) is 46.2 Å². The highest BCUT2D eigenvalue weighted by atomic mass is 32.2. The highest BCUT2D eigenvalue weighted by Gasteiger charge is 2.22. The van der Waals surface area contributed by atoms with E-state index >= 15 is 0 Å². The van der Waals surface area contributed by atoms with Gasteiger partial charge in [0.1, 0.15) is 9.84 Å². The third-order valence-corrected chi connectivity index (χ3v) is 5.65. The molecule has 1 aliphatic heterocycles. The van der Waals surface area contributed by atoms with Gasteiger partial charge in [0, 0.05) is 0 Å². The van der Waals surface area contributed by atoms with E-state index in [1.807, 2.05) is 11.8 Å². The Kier molecular flexibility index (Phi) is 6.77. The number of rotatable bonds is 7. The van der Waals surface area contributed by atoms with Crippen LogP contribution in [0.3, 0.4) is 0 Å². The zero-order chi connectivity index (χ0) is 11.9. The minimum Gasteiger partial charge on any atom is -0.316 e. The van der Waals surface area contributed by atoms with Crippen molar-refractivity contribution in [2.45, 2.75) is 26.2 Å². The van der Waals surface area contributed by atoms with Crippen LogP contribution < -0.4 is 5.32 Å². The van der Waals surface area contributed by atoms with E-state index in [2.05, 4.69) is 12.2 Å². The van der Waals surface area contributed by atoms with Crippen LogP contribution in [0.15, 0.2) is 0 Å². The van der Waals surface area contributed by atoms with Crippen LogP contribution in [-0.4, -0.2) is 44.5 Å². The molecule has 0 aromatic rings. The van der Waals surface area contributed by atoms with E-state index in [9.17, 15) is 8.42 Å². The Bertz CT molecular complexity index is 264. The predicted octanol–water partition coefficient (Wildman–Crippen LogP) is 1.54. The minimum atomic E-state index is -2.69. The van der Waals surface area contributed by atoms with Crippen LogP contribution in [0.25, 0.3) is 0 Å². The van der Waals surface area contributed by atoms with Crippen molar-refractivity contribution in [1.82, 2.24) is 5.32 Å². The third-order valence-electron chi connectivity index (χ3n) is 2.95. The van der Waals surface area contributed by atoms with Crippen molar-refractivity contribution in [1.29, 1.82) is 0 Å². The van der Waals surface area contributed by atoms with Gasteiger partial charge in [0.25, 0.3) is 0 Å². The summed E-state index contributed by atoms with van der Waals surface area (Å²) in [5.74, 6) is 3.78. The molecular weight excluding hydrogens is 242 g/mol. The smallest absolute Gasteiger partial charge is 0.150 e. The van der Waals surface area contributed by atoms with E-state index < -0.39 is 9.84 Å². The summed E-state index contributed by atoms with van der Waals surface area (Å²) >= 11 is 1.97. The monoisotopic (exact) mass is 265 g/mol. The van der Waals surface area contributed by atoms with Crippen molar-refractivity contribution in [3.63, 3.8) is 0 Å². The van der Waals surface area contributed by atoms with E-state index in [1.54, 1.807) is 0 Å². The van der Waals surface area contributed by atoms with Gasteiger partial charge in [0.05, 0.1) is 11.5 Å². The van der Waals surface area contributed by atoms with Crippen LogP contribution >= 0.6 is 11.8 Å². The molecule has 1 rings (SSSR count). The van der Waals surface area contributed by atoms with Gasteiger partial charge in [0.15, 0.2) is 0 Å². The molecule has 0 unspecified atom stereocenters. The summed E-state index contributed by atoms with van der Waals surface area (Å²) in [5, 5.41) is 3.43. The second-order valence-corrected chi connectivity index (χ2v) is 8.05. The van der Waals surface area contributed by atoms with E-state index in [0.717, 1.165) is 25.9 Å². The van der Waals surface area contributed by atoms with Gasteiger partial charge in [-0.1, -0.05) is 6.92 Å². The molecule has 0 spiro atoms. The maximum absolute atomic E-state index is 11.2. The quantitative estimate of drug-likeness (QED) is 0.709. The van der Waals surface area contributed by atoms with Crippen molar-refractivity contribution in [3.05, 3.63) is 0 Å². The fourth-order valence-corrected chi connectivity index (χ4v) is 4.12. The molecule has 0 bridgehead atoms. The molecular formula is C11H23NO2S2. The summed E-state index contributed by atoms with van der Waals surface area (Å²) in [6.45, 7) is 4.24. The Morgan fingerprint density at radius 3 is 2.62 bits per heavy atom. The van der Waals surface area contributed by atoms with Crippen molar-refractivity contribution < 1.29 is 8.42 Å². The first kappa shape index (κ1) is 14.3. The Balaban J connectivity index is 1.98. The van der Waals surface area contributed by atoms with Crippen molar-refractivity contribution >= 4 is 21.6 Å². The number of hydrogen-bond acceptors (Lipinski definition) is 4. The standard InChI is InChI=1S/C11H23NO2S2/c1-2-15-7-3-6-12-10-11-4-8-16(13,14)9-5-11/h11-12H,2-10H2,1H3. The molecule has 1 heterocycles. The third kappa shape index (κ3) is 6.11. The lowest BCUT2D eigenvalue weighted by molar-refractivity contribution is 0.433. The molecule has 0 aromatic heterocycles. The highest BCUT2D eigenvalue weighted by Crippen LogP contribution is 2.17. The van der Waals surface area contributed by atoms with Gasteiger partial charge in [-0.2, -0.15) is 11.8 Å². The van der Waals surface area contributed by atoms with Crippen molar-refractivity contribution in [2.75, 3.05) is 36.1 Å². The van der Waals surface area contributed by atoms with Gasteiger partial charge in [-0.05, 0) is 49.8 Å². The van der Waals surface area contributed by atoms with E-state index in [0.29, 0.717) is 17.4 Å². The average Bonchev–Trinajstić information content (AvgIpc) is 2.25. The summed E-state index contributed by atoms with van der Waals surface area (Å²) in [6.07, 6.45) is 2.90. The van der Waals surface area contributed by atoms with Crippen LogP contribution in [0.5, 0.6) is 0 Å². The fourth-order valence-electron chi connectivity index (χ4n) is 1.89. The molecule has 0 saturated carbocycles. The summed E-state index contributed by atoms with van der Waals surface area (Å²) < 4.78 is 22.4. The Morgan fingerprint density at radius 2 is 2.00 bits per heavy atom. The maximum atomic E-state index is 11.2. The molecule has 96 valence electrons. The lowest BCUT2D eigenvalue weighted by Gasteiger charge is -2.22. The normalized spacial score (nSPS) is 21.1. The average molecular weight is 265 g/mol. The Morgan fingerprint density at radius 1 is 1.31 bits per heavy atom. The number of nitrogens with one attached hydrogen (secondary N) is 1. The predicted molar refractivity (Wildman–Crippen MR) is 71.9 cm³/mol. The summed E-state index contributed by atoms with van der Waals surface area (Å²) in [7, 11) is -2.69. The second-order valence-electron chi connectivity index (χ2n) is 4.35. The first-order valence-electron chi connectivity index (χ1n) is 6.13. The minimum absolute atomic E-state index is 0.394. The van der Waals surface area contributed by atoms with E-state index in [4.69, 9.17) is 0 Å². The Labute approximate surface area is 104 Å².